The maximum Gasteiger partial charge on any atom is 0.287 e. The molecule has 1 aromatic heterocycles. The standard InChI is InChI=1S/C5H7N3O/c1-4-5(9)8(2)7-3-6-4/h3H,1-2H3. The molecule has 1 rings (SSSR count). The van der Waals surface area contributed by atoms with Gasteiger partial charge in [0, 0.05) is 7.05 Å². The summed E-state index contributed by atoms with van der Waals surface area (Å²) in [7, 11) is 1.59. The molecule has 1 aromatic rings. The lowest BCUT2D eigenvalue weighted by Gasteiger charge is -1.92. The van der Waals surface area contributed by atoms with Crippen molar-refractivity contribution in [2.24, 2.45) is 7.05 Å². The molecule has 4 heteroatoms. The van der Waals surface area contributed by atoms with Crippen molar-refractivity contribution >= 4 is 0 Å². The van der Waals surface area contributed by atoms with Crippen LogP contribution < -0.4 is 5.56 Å². The first-order valence-corrected chi connectivity index (χ1v) is 2.56. The fourth-order valence-electron chi connectivity index (χ4n) is 0.532. The molecule has 0 N–H and O–H groups in total. The molecule has 0 bridgehead atoms. The second-order valence-corrected chi connectivity index (χ2v) is 1.77. The van der Waals surface area contributed by atoms with Crippen molar-refractivity contribution in [1.82, 2.24) is 14.8 Å². The highest BCUT2D eigenvalue weighted by molar-refractivity contribution is 4.88. The van der Waals surface area contributed by atoms with E-state index in [0.717, 1.165) is 0 Å². The lowest BCUT2D eigenvalue weighted by atomic mass is 10.5. The third kappa shape index (κ3) is 0.960. The Balaban J connectivity index is 3.43. The first-order valence-electron chi connectivity index (χ1n) is 2.56. The summed E-state index contributed by atoms with van der Waals surface area (Å²) in [5.74, 6) is 0. The van der Waals surface area contributed by atoms with E-state index >= 15 is 0 Å². The molecule has 0 radical (unpaired) electrons. The molecule has 0 aliphatic rings. The van der Waals surface area contributed by atoms with Crippen LogP contribution in [0.15, 0.2) is 11.1 Å². The van der Waals surface area contributed by atoms with Crippen LogP contribution >= 0.6 is 0 Å². The highest BCUT2D eigenvalue weighted by Gasteiger charge is 1.92. The van der Waals surface area contributed by atoms with Gasteiger partial charge in [-0.15, -0.1) is 0 Å². The minimum atomic E-state index is -0.141. The molecule has 4 nitrogen and oxygen atoms in total. The van der Waals surface area contributed by atoms with Crippen LogP contribution in [-0.2, 0) is 7.05 Å². The zero-order valence-corrected chi connectivity index (χ0v) is 5.33. The number of hydrogen-bond donors (Lipinski definition) is 0. The van der Waals surface area contributed by atoms with Crippen LogP contribution in [0.3, 0.4) is 0 Å². The smallest absolute Gasteiger partial charge is 0.266 e. The summed E-state index contributed by atoms with van der Waals surface area (Å²) >= 11 is 0. The molecule has 0 unspecified atom stereocenters. The molecule has 0 spiro atoms. The SMILES string of the molecule is Cc1ncnn(C)c1=O. The normalized spacial score (nSPS) is 9.56. The van der Waals surface area contributed by atoms with Gasteiger partial charge in [-0.1, -0.05) is 0 Å². The maximum atomic E-state index is 10.8. The van der Waals surface area contributed by atoms with Crippen LogP contribution in [0.25, 0.3) is 0 Å². The second kappa shape index (κ2) is 1.97. The van der Waals surface area contributed by atoms with Gasteiger partial charge < -0.3 is 0 Å². The summed E-state index contributed by atoms with van der Waals surface area (Å²) in [5.41, 5.74) is 0.338. The van der Waals surface area contributed by atoms with Gasteiger partial charge in [-0.2, -0.15) is 5.10 Å². The first-order chi connectivity index (χ1) is 4.22. The Morgan fingerprint density at radius 1 is 1.67 bits per heavy atom. The molecular weight excluding hydrogens is 118 g/mol. The third-order valence-corrected chi connectivity index (χ3v) is 1.08. The molecule has 0 saturated heterocycles. The van der Waals surface area contributed by atoms with Crippen molar-refractivity contribution < 1.29 is 0 Å². The summed E-state index contributed by atoms with van der Waals surface area (Å²) in [6, 6.07) is 0. The predicted octanol–water partition coefficient (Wildman–Crippen LogP) is -0.516. The van der Waals surface area contributed by atoms with Gasteiger partial charge in [0.2, 0.25) is 0 Å². The maximum absolute atomic E-state index is 10.8. The van der Waals surface area contributed by atoms with E-state index in [0.29, 0.717) is 5.69 Å². The summed E-state index contributed by atoms with van der Waals surface area (Å²) in [6.07, 6.45) is 1.36. The van der Waals surface area contributed by atoms with Gasteiger partial charge in [0.1, 0.15) is 12.0 Å². The van der Waals surface area contributed by atoms with E-state index in [1.54, 1.807) is 14.0 Å². The highest BCUT2D eigenvalue weighted by atomic mass is 16.1. The van der Waals surface area contributed by atoms with Crippen molar-refractivity contribution in [3.05, 3.63) is 22.4 Å². The van der Waals surface area contributed by atoms with E-state index in [-0.39, 0.29) is 5.56 Å². The van der Waals surface area contributed by atoms with Gasteiger partial charge in [-0.25, -0.2) is 9.67 Å². The Hall–Kier alpha value is -1.19. The number of aromatic nitrogens is 3. The Morgan fingerprint density at radius 3 is 2.78 bits per heavy atom. The average molecular weight is 125 g/mol. The van der Waals surface area contributed by atoms with Crippen LogP contribution in [0.1, 0.15) is 5.69 Å². The largest absolute Gasteiger partial charge is 0.287 e. The number of nitrogens with zero attached hydrogens (tertiary/aromatic N) is 3. The van der Waals surface area contributed by atoms with Gasteiger partial charge >= 0.3 is 0 Å². The molecule has 1 heterocycles. The van der Waals surface area contributed by atoms with E-state index in [4.69, 9.17) is 0 Å². The number of hydrogen-bond acceptors (Lipinski definition) is 3. The predicted molar refractivity (Wildman–Crippen MR) is 32.0 cm³/mol. The van der Waals surface area contributed by atoms with Crippen LogP contribution in [0, 0.1) is 6.92 Å². The van der Waals surface area contributed by atoms with Gasteiger partial charge in [0.05, 0.1) is 0 Å². The van der Waals surface area contributed by atoms with Crippen LogP contribution in [0.2, 0.25) is 0 Å². The summed E-state index contributed by atoms with van der Waals surface area (Å²) < 4.78 is 1.25. The van der Waals surface area contributed by atoms with Gasteiger partial charge in [0.15, 0.2) is 0 Å². The third-order valence-electron chi connectivity index (χ3n) is 1.08. The Kier molecular flexibility index (Phi) is 1.30. The minimum Gasteiger partial charge on any atom is -0.266 e. The Bertz CT molecular complexity index is 242. The van der Waals surface area contributed by atoms with Gasteiger partial charge in [0.25, 0.3) is 5.56 Å². The quantitative estimate of drug-likeness (QED) is 0.469. The molecule has 0 saturated carbocycles. The van der Waals surface area contributed by atoms with E-state index in [9.17, 15) is 4.79 Å². The highest BCUT2D eigenvalue weighted by Crippen LogP contribution is 1.72. The van der Waals surface area contributed by atoms with Crippen molar-refractivity contribution in [2.75, 3.05) is 0 Å². The lowest BCUT2D eigenvalue weighted by molar-refractivity contribution is 0.677. The van der Waals surface area contributed by atoms with E-state index in [1.165, 1.54) is 11.0 Å². The second-order valence-electron chi connectivity index (χ2n) is 1.77. The fourth-order valence-corrected chi connectivity index (χ4v) is 0.532. The zero-order valence-electron chi connectivity index (χ0n) is 5.33. The average Bonchev–Trinajstić information content (AvgIpc) is 1.83. The molecule has 0 aliphatic carbocycles. The molecule has 0 fully saturated rings. The van der Waals surface area contributed by atoms with Crippen molar-refractivity contribution in [2.45, 2.75) is 6.92 Å². The van der Waals surface area contributed by atoms with Crippen molar-refractivity contribution in [1.29, 1.82) is 0 Å². The molecule has 9 heavy (non-hydrogen) atoms. The van der Waals surface area contributed by atoms with E-state index in [1.807, 2.05) is 0 Å². The van der Waals surface area contributed by atoms with Crippen LogP contribution in [0.4, 0.5) is 0 Å². The fraction of sp³-hybridized carbons (Fsp3) is 0.400. The van der Waals surface area contributed by atoms with E-state index in [2.05, 4.69) is 10.1 Å². The molecule has 0 atom stereocenters. The van der Waals surface area contributed by atoms with Crippen molar-refractivity contribution in [3.8, 4) is 0 Å². The Morgan fingerprint density at radius 2 is 2.33 bits per heavy atom. The zero-order chi connectivity index (χ0) is 6.85. The topological polar surface area (TPSA) is 47.8 Å². The Labute approximate surface area is 52.2 Å². The number of aryl methyl sites for hydroxylation is 2. The van der Waals surface area contributed by atoms with Crippen LogP contribution in [-0.4, -0.2) is 14.8 Å². The van der Waals surface area contributed by atoms with E-state index < -0.39 is 0 Å². The molecular formula is C5H7N3O. The minimum absolute atomic E-state index is 0.141. The van der Waals surface area contributed by atoms with Gasteiger partial charge in [-0.3, -0.25) is 4.79 Å². The van der Waals surface area contributed by atoms with Crippen LogP contribution in [0.5, 0.6) is 0 Å². The molecule has 48 valence electrons. The monoisotopic (exact) mass is 125 g/mol. The van der Waals surface area contributed by atoms with Gasteiger partial charge in [-0.05, 0) is 6.92 Å². The molecule has 0 aromatic carbocycles. The first kappa shape index (κ1) is 5.94. The molecule has 0 aliphatic heterocycles. The summed E-state index contributed by atoms with van der Waals surface area (Å²) in [6.45, 7) is 1.66. The lowest BCUT2D eigenvalue weighted by Crippen LogP contribution is -2.22. The van der Waals surface area contributed by atoms with Crippen molar-refractivity contribution in [3.63, 3.8) is 0 Å². The summed E-state index contributed by atoms with van der Waals surface area (Å²) in [4.78, 5) is 14.5. The molecule has 0 amide bonds. The summed E-state index contributed by atoms with van der Waals surface area (Å²) in [5, 5.41) is 3.63. The number of rotatable bonds is 0.